The Morgan fingerprint density at radius 1 is 1.16 bits per heavy atom. The fraction of sp³-hybridized carbons (Fsp3) is 0.524. The summed E-state index contributed by atoms with van der Waals surface area (Å²) in [7, 11) is 1.82. The zero-order valence-corrected chi connectivity index (χ0v) is 21.6. The predicted octanol–water partition coefficient (Wildman–Crippen LogP) is 3.35. The first-order chi connectivity index (χ1) is 14.6. The molecule has 1 amide bonds. The molecule has 8 nitrogen and oxygen atoms in total. The molecule has 0 saturated carbocycles. The lowest BCUT2D eigenvalue weighted by atomic mass is 10.2. The number of amides is 1. The maximum Gasteiger partial charge on any atom is 0.224 e. The molecule has 2 heterocycles. The molecule has 1 saturated heterocycles. The predicted molar refractivity (Wildman–Crippen MR) is 139 cm³/mol. The fourth-order valence-corrected chi connectivity index (χ4v) is 4.10. The van der Waals surface area contributed by atoms with Gasteiger partial charge in [-0.1, -0.05) is 26.0 Å². The second-order valence-electron chi connectivity index (χ2n) is 7.22. The van der Waals surface area contributed by atoms with Crippen LogP contribution in [0.15, 0.2) is 29.3 Å². The molecule has 0 radical (unpaired) electrons. The lowest BCUT2D eigenvalue weighted by Crippen LogP contribution is -2.52. The van der Waals surface area contributed by atoms with Crippen molar-refractivity contribution < 1.29 is 4.79 Å². The third kappa shape index (κ3) is 7.30. The van der Waals surface area contributed by atoms with Gasteiger partial charge in [0.1, 0.15) is 5.82 Å². The fourth-order valence-electron chi connectivity index (χ4n) is 3.30. The number of carbonyl (C=O) groups is 1. The van der Waals surface area contributed by atoms with Gasteiger partial charge in [0.15, 0.2) is 5.96 Å². The third-order valence-corrected chi connectivity index (χ3v) is 5.82. The number of nitrogens with zero attached hydrogens (tertiary/aromatic N) is 5. The largest absolute Gasteiger partial charge is 0.352 e. The Labute approximate surface area is 205 Å². The minimum absolute atomic E-state index is 0. The second-order valence-corrected chi connectivity index (χ2v) is 7.95. The Bertz CT molecular complexity index is 848. The standard InChI is InChI=1S/C21H31N7OS.HI/c1-4-6-19(29)24-17-9-7-16(8-10-17)15-23-20(22-3)27-11-13-28(14-12-27)21-25-18(5-2)26-30-21;/h7-10H,4-6,11-15H2,1-3H3,(H,22,23)(H,24,29);1H. The van der Waals surface area contributed by atoms with Crippen LogP contribution in [0.2, 0.25) is 0 Å². The maximum atomic E-state index is 11.7. The van der Waals surface area contributed by atoms with Crippen LogP contribution in [0.5, 0.6) is 0 Å². The normalized spacial score (nSPS) is 14.2. The van der Waals surface area contributed by atoms with E-state index in [1.807, 2.05) is 38.2 Å². The summed E-state index contributed by atoms with van der Waals surface area (Å²) in [6.07, 6.45) is 2.27. The summed E-state index contributed by atoms with van der Waals surface area (Å²) in [6.45, 7) is 8.37. The van der Waals surface area contributed by atoms with Gasteiger partial charge < -0.3 is 20.4 Å². The first-order valence-corrected chi connectivity index (χ1v) is 11.3. The van der Waals surface area contributed by atoms with Crippen LogP contribution in [-0.2, 0) is 17.8 Å². The van der Waals surface area contributed by atoms with Gasteiger partial charge in [-0.05, 0) is 24.1 Å². The molecule has 170 valence electrons. The van der Waals surface area contributed by atoms with Crippen LogP contribution < -0.4 is 15.5 Å². The van der Waals surface area contributed by atoms with Gasteiger partial charge in [0.05, 0.1) is 0 Å². The summed E-state index contributed by atoms with van der Waals surface area (Å²) >= 11 is 1.49. The summed E-state index contributed by atoms with van der Waals surface area (Å²) in [5.74, 6) is 1.88. The third-order valence-electron chi connectivity index (χ3n) is 5.00. The van der Waals surface area contributed by atoms with E-state index in [9.17, 15) is 4.79 Å². The van der Waals surface area contributed by atoms with E-state index in [0.29, 0.717) is 13.0 Å². The maximum absolute atomic E-state index is 11.7. The van der Waals surface area contributed by atoms with Crippen LogP contribution in [0.4, 0.5) is 10.8 Å². The van der Waals surface area contributed by atoms with Crippen LogP contribution in [-0.4, -0.2) is 59.4 Å². The van der Waals surface area contributed by atoms with Gasteiger partial charge in [0.25, 0.3) is 0 Å². The van der Waals surface area contributed by atoms with Crippen LogP contribution >= 0.6 is 35.5 Å². The van der Waals surface area contributed by atoms with E-state index >= 15 is 0 Å². The van der Waals surface area contributed by atoms with Crippen molar-refractivity contribution in [2.75, 3.05) is 43.4 Å². The molecule has 2 N–H and O–H groups in total. The Hall–Kier alpha value is -1.95. The molecule has 2 aromatic rings. The first kappa shape index (κ1) is 25.3. The molecule has 10 heteroatoms. The smallest absolute Gasteiger partial charge is 0.224 e. The number of halogens is 1. The second kappa shape index (κ2) is 12.8. The molecule has 1 fully saturated rings. The SMILES string of the molecule is CCCC(=O)Nc1ccc(CNC(=NC)N2CCN(c3nc(CC)ns3)CC2)cc1.I. The molecule has 1 aliphatic heterocycles. The Morgan fingerprint density at radius 2 is 1.87 bits per heavy atom. The minimum Gasteiger partial charge on any atom is -0.352 e. The quantitative estimate of drug-likeness (QED) is 0.309. The number of hydrogen-bond donors (Lipinski definition) is 2. The van der Waals surface area contributed by atoms with Gasteiger partial charge in [0.2, 0.25) is 11.0 Å². The van der Waals surface area contributed by atoms with Gasteiger partial charge >= 0.3 is 0 Å². The lowest BCUT2D eigenvalue weighted by Gasteiger charge is -2.36. The highest BCUT2D eigenvalue weighted by atomic mass is 127. The molecule has 0 unspecified atom stereocenters. The van der Waals surface area contributed by atoms with E-state index < -0.39 is 0 Å². The van der Waals surface area contributed by atoms with Crippen molar-refractivity contribution in [2.45, 2.75) is 39.7 Å². The van der Waals surface area contributed by atoms with Gasteiger partial charge in [-0.2, -0.15) is 4.37 Å². The molecular weight excluding hydrogens is 525 g/mol. The Morgan fingerprint density at radius 3 is 2.45 bits per heavy atom. The van der Waals surface area contributed by atoms with E-state index in [1.54, 1.807) is 0 Å². The summed E-state index contributed by atoms with van der Waals surface area (Å²) in [6, 6.07) is 7.94. The number of carbonyl (C=O) groups excluding carboxylic acids is 1. The highest BCUT2D eigenvalue weighted by Crippen LogP contribution is 2.19. The number of benzene rings is 1. The molecule has 0 aliphatic carbocycles. The molecule has 0 spiro atoms. The number of rotatable bonds is 7. The summed E-state index contributed by atoms with van der Waals surface area (Å²) < 4.78 is 4.39. The van der Waals surface area contributed by atoms with Crippen molar-refractivity contribution in [2.24, 2.45) is 4.99 Å². The Balaban J connectivity index is 0.00000341. The molecule has 0 atom stereocenters. The van der Waals surface area contributed by atoms with Crippen LogP contribution in [0.3, 0.4) is 0 Å². The molecular formula is C21H32IN7OS. The average molecular weight is 558 g/mol. The minimum atomic E-state index is 0. The van der Waals surface area contributed by atoms with Gasteiger partial charge in [-0.3, -0.25) is 9.79 Å². The molecule has 1 aliphatic rings. The number of guanidine groups is 1. The summed E-state index contributed by atoms with van der Waals surface area (Å²) in [4.78, 5) is 25.3. The summed E-state index contributed by atoms with van der Waals surface area (Å²) in [5.41, 5.74) is 1.98. The van der Waals surface area contributed by atoms with Crippen molar-refractivity contribution >= 4 is 58.2 Å². The number of piperazine rings is 1. The Kier molecular flexibility index (Phi) is 10.4. The zero-order chi connectivity index (χ0) is 21.3. The molecule has 1 aromatic carbocycles. The number of aromatic nitrogens is 2. The van der Waals surface area contributed by atoms with Crippen molar-refractivity contribution in [3.05, 3.63) is 35.7 Å². The van der Waals surface area contributed by atoms with E-state index in [4.69, 9.17) is 0 Å². The van der Waals surface area contributed by atoms with Crippen molar-refractivity contribution in [1.82, 2.24) is 19.6 Å². The van der Waals surface area contributed by atoms with E-state index in [1.165, 1.54) is 11.5 Å². The van der Waals surface area contributed by atoms with Crippen molar-refractivity contribution in [3.8, 4) is 0 Å². The van der Waals surface area contributed by atoms with Gasteiger partial charge in [-0.15, -0.1) is 24.0 Å². The van der Waals surface area contributed by atoms with Crippen LogP contribution in [0.1, 0.15) is 38.1 Å². The van der Waals surface area contributed by atoms with Gasteiger partial charge in [-0.25, -0.2) is 4.98 Å². The molecule has 31 heavy (non-hydrogen) atoms. The average Bonchev–Trinajstić information content (AvgIpc) is 3.25. The van der Waals surface area contributed by atoms with Gasteiger partial charge in [0, 0.05) is 69.8 Å². The van der Waals surface area contributed by atoms with Crippen molar-refractivity contribution in [3.63, 3.8) is 0 Å². The number of aliphatic imine (C=N–C) groups is 1. The van der Waals surface area contributed by atoms with E-state index in [0.717, 1.165) is 67.2 Å². The highest BCUT2D eigenvalue weighted by molar-refractivity contribution is 14.0. The zero-order valence-electron chi connectivity index (χ0n) is 18.4. The molecule has 0 bridgehead atoms. The lowest BCUT2D eigenvalue weighted by molar-refractivity contribution is -0.116. The number of nitrogens with one attached hydrogen (secondary N) is 2. The topological polar surface area (TPSA) is 85.8 Å². The monoisotopic (exact) mass is 557 g/mol. The van der Waals surface area contributed by atoms with Crippen LogP contribution in [0, 0.1) is 0 Å². The highest BCUT2D eigenvalue weighted by Gasteiger charge is 2.22. The van der Waals surface area contributed by atoms with E-state index in [-0.39, 0.29) is 29.9 Å². The van der Waals surface area contributed by atoms with Crippen LogP contribution in [0.25, 0.3) is 0 Å². The summed E-state index contributed by atoms with van der Waals surface area (Å²) in [5, 5.41) is 7.38. The molecule has 1 aromatic heterocycles. The first-order valence-electron chi connectivity index (χ1n) is 10.5. The number of aryl methyl sites for hydroxylation is 1. The van der Waals surface area contributed by atoms with E-state index in [2.05, 4.69) is 41.7 Å². The number of hydrogen-bond acceptors (Lipinski definition) is 6. The number of anilines is 2. The molecule has 3 rings (SSSR count). The van der Waals surface area contributed by atoms with Crippen molar-refractivity contribution in [1.29, 1.82) is 0 Å².